The second kappa shape index (κ2) is 11.3. The van der Waals surface area contributed by atoms with Crippen molar-refractivity contribution in [2.24, 2.45) is 0 Å². The van der Waals surface area contributed by atoms with Crippen LogP contribution < -0.4 is 9.80 Å². The summed E-state index contributed by atoms with van der Waals surface area (Å²) in [5, 5.41) is 0. The van der Waals surface area contributed by atoms with Crippen molar-refractivity contribution in [3.05, 3.63) is 100 Å². The number of hydrogen-bond donors (Lipinski definition) is 0. The van der Waals surface area contributed by atoms with Gasteiger partial charge in [0.2, 0.25) is 0 Å². The number of benzene rings is 3. The van der Waals surface area contributed by atoms with Gasteiger partial charge in [0.15, 0.2) is 0 Å². The van der Waals surface area contributed by atoms with Gasteiger partial charge in [0.25, 0.3) is 0 Å². The summed E-state index contributed by atoms with van der Waals surface area (Å²) in [4.78, 5) is 4.81. The van der Waals surface area contributed by atoms with Crippen LogP contribution in [0, 0.1) is 48.2 Å². The van der Waals surface area contributed by atoms with Gasteiger partial charge in [-0.25, -0.2) is 0 Å². The second-order valence-corrected chi connectivity index (χ2v) is 10.4. The third-order valence-corrected chi connectivity index (χ3v) is 6.89. The van der Waals surface area contributed by atoms with E-state index in [1.807, 2.05) is 18.2 Å². The molecule has 0 spiro atoms. The summed E-state index contributed by atoms with van der Waals surface area (Å²) in [6.07, 6.45) is 0. The maximum atomic E-state index is 5.57. The molecular weight excluding hydrogens is 501 g/mol. The Morgan fingerprint density at radius 3 is 1.50 bits per heavy atom. The Labute approximate surface area is 205 Å². The van der Waals surface area contributed by atoms with E-state index in [1.165, 1.54) is 50.3 Å². The van der Waals surface area contributed by atoms with Crippen LogP contribution >= 0.6 is 9.69 Å². The predicted octanol–water partition coefficient (Wildman–Crippen LogP) is 7.06. The molecule has 2 nitrogen and oxygen atoms in total. The number of anilines is 2. The standard InChI is InChI=1S/C21H27N2.C7H6.ClH.Ru/c1-14-9-16(3)20(17(4)10-14)22-7-8-23(13-22)21-18(5)11-15(2)12-19(21)6;1-7-5-3-2-4-6-7;;/h9-13H,7-8H2,1-6H3;1-6H;1H;/q-1;;;+1/p-1. The Balaban J connectivity index is 0.000000269. The van der Waals surface area contributed by atoms with Crippen molar-refractivity contribution in [2.45, 2.75) is 41.5 Å². The molecule has 0 radical (unpaired) electrons. The van der Waals surface area contributed by atoms with Crippen molar-refractivity contribution >= 4 is 25.7 Å². The van der Waals surface area contributed by atoms with Crippen LogP contribution in [0.25, 0.3) is 0 Å². The number of halogens is 1. The fourth-order valence-electron chi connectivity index (χ4n) is 4.65. The molecule has 0 bridgehead atoms. The first-order chi connectivity index (χ1) is 15.3. The van der Waals surface area contributed by atoms with E-state index in [2.05, 4.69) is 99.0 Å². The summed E-state index contributed by atoms with van der Waals surface area (Å²) in [6, 6.07) is 19.2. The summed E-state index contributed by atoms with van der Waals surface area (Å²) >= 11 is -0.0765. The van der Waals surface area contributed by atoms with Gasteiger partial charge in [0.05, 0.1) is 0 Å². The molecular formula is C28H33ClN2Ru-. The minimum absolute atomic E-state index is 0.0765. The number of nitrogens with zero attached hydrogens (tertiary/aromatic N) is 2. The van der Waals surface area contributed by atoms with Crippen LogP contribution in [0.15, 0.2) is 54.6 Å². The van der Waals surface area contributed by atoms with Crippen molar-refractivity contribution in [2.75, 3.05) is 22.9 Å². The van der Waals surface area contributed by atoms with E-state index in [9.17, 15) is 0 Å². The Kier molecular flexibility index (Phi) is 8.68. The fraction of sp³-hybridized carbons (Fsp3) is 0.286. The Bertz CT molecular complexity index is 982. The number of hydrogen-bond acceptors (Lipinski definition) is 2. The zero-order valence-corrected chi connectivity index (χ0v) is 22.4. The quantitative estimate of drug-likeness (QED) is 0.263. The van der Waals surface area contributed by atoms with Gasteiger partial charge in [-0.3, -0.25) is 0 Å². The van der Waals surface area contributed by atoms with E-state index in [0.717, 1.165) is 13.1 Å². The summed E-state index contributed by atoms with van der Waals surface area (Å²) in [5.41, 5.74) is 12.1. The fourth-order valence-corrected chi connectivity index (χ4v) is 5.74. The van der Waals surface area contributed by atoms with Crippen molar-refractivity contribution in [3.63, 3.8) is 0 Å². The Morgan fingerprint density at radius 2 is 1.12 bits per heavy atom. The monoisotopic (exact) mass is 534 g/mol. The molecule has 0 unspecified atom stereocenters. The van der Waals surface area contributed by atoms with Gasteiger partial charge in [0, 0.05) is 24.5 Å². The third-order valence-electron chi connectivity index (χ3n) is 5.66. The topological polar surface area (TPSA) is 6.48 Å². The van der Waals surface area contributed by atoms with Gasteiger partial charge in [0.1, 0.15) is 0 Å². The third kappa shape index (κ3) is 6.09. The van der Waals surface area contributed by atoms with Gasteiger partial charge in [-0.15, -0.1) is 0 Å². The molecule has 0 aromatic heterocycles. The Hall–Kier alpha value is -1.96. The molecule has 3 aromatic carbocycles. The molecule has 0 N–H and O–H groups in total. The molecule has 171 valence electrons. The predicted molar refractivity (Wildman–Crippen MR) is 138 cm³/mol. The van der Waals surface area contributed by atoms with Crippen molar-refractivity contribution in [3.8, 4) is 0 Å². The molecule has 1 heterocycles. The Morgan fingerprint density at radius 1 is 0.719 bits per heavy atom. The first-order valence-corrected chi connectivity index (χ1v) is 14.2. The van der Waals surface area contributed by atoms with Crippen molar-refractivity contribution in [1.29, 1.82) is 0 Å². The molecule has 0 atom stereocenters. The van der Waals surface area contributed by atoms with Crippen LogP contribution in [-0.4, -0.2) is 17.7 Å². The average molecular weight is 534 g/mol. The second-order valence-electron chi connectivity index (χ2n) is 8.59. The molecule has 0 amide bonds. The van der Waals surface area contributed by atoms with Crippen LogP contribution in [0.2, 0.25) is 0 Å². The molecule has 1 aliphatic heterocycles. The van der Waals surface area contributed by atoms with Gasteiger partial charge < -0.3 is 9.80 Å². The van der Waals surface area contributed by atoms with Gasteiger partial charge >= 0.3 is 65.9 Å². The minimum atomic E-state index is -0.0765. The molecule has 1 aliphatic rings. The van der Waals surface area contributed by atoms with Crippen LogP contribution in [0.4, 0.5) is 11.4 Å². The van der Waals surface area contributed by atoms with E-state index in [0.29, 0.717) is 0 Å². The average Bonchev–Trinajstić information content (AvgIpc) is 3.17. The van der Waals surface area contributed by atoms with E-state index >= 15 is 0 Å². The summed E-state index contributed by atoms with van der Waals surface area (Å²) in [7, 11) is 5.57. The molecule has 0 aliphatic carbocycles. The van der Waals surface area contributed by atoms with Crippen LogP contribution in [0.5, 0.6) is 0 Å². The van der Waals surface area contributed by atoms with Gasteiger partial charge in [-0.2, -0.15) is 6.67 Å². The molecule has 0 saturated carbocycles. The summed E-state index contributed by atoms with van der Waals surface area (Å²) < 4.78 is 2.06. The SMILES string of the molecule is Cc1cc(C)c(N2[CH-]N(c3c(C)cc(C)cc3C)CC2)c(C)c1.[Cl][Ru]=[CH]c1ccccc1. The van der Waals surface area contributed by atoms with Crippen LogP contribution in [0.1, 0.15) is 38.9 Å². The number of rotatable bonds is 3. The van der Waals surface area contributed by atoms with Gasteiger partial charge in [-0.1, -0.05) is 35.4 Å². The van der Waals surface area contributed by atoms with Gasteiger partial charge in [-0.05, 0) is 63.8 Å². The molecule has 1 fully saturated rings. The summed E-state index contributed by atoms with van der Waals surface area (Å²) in [5.74, 6) is 0. The van der Waals surface area contributed by atoms with E-state index in [-0.39, 0.29) is 15.7 Å². The van der Waals surface area contributed by atoms with Crippen LogP contribution in [0.3, 0.4) is 0 Å². The van der Waals surface area contributed by atoms with Crippen molar-refractivity contribution < 1.29 is 15.7 Å². The van der Waals surface area contributed by atoms with E-state index in [4.69, 9.17) is 9.69 Å². The van der Waals surface area contributed by atoms with Crippen LogP contribution in [-0.2, 0) is 15.7 Å². The van der Waals surface area contributed by atoms with E-state index in [1.54, 1.807) is 0 Å². The van der Waals surface area contributed by atoms with E-state index < -0.39 is 0 Å². The number of aryl methyl sites for hydroxylation is 6. The van der Waals surface area contributed by atoms with Crippen molar-refractivity contribution in [1.82, 2.24) is 0 Å². The molecule has 3 aromatic rings. The zero-order valence-electron chi connectivity index (χ0n) is 19.9. The molecule has 1 saturated heterocycles. The zero-order chi connectivity index (χ0) is 23.3. The molecule has 4 rings (SSSR count). The first kappa shape index (κ1) is 24.7. The normalized spacial score (nSPS) is 13.7. The molecule has 4 heteroatoms. The summed E-state index contributed by atoms with van der Waals surface area (Å²) in [6.45, 7) is 17.6. The first-order valence-electron chi connectivity index (χ1n) is 10.9. The molecule has 32 heavy (non-hydrogen) atoms. The maximum absolute atomic E-state index is 5.57.